The molecule has 0 bridgehead atoms. The molecule has 1 rings (SSSR count). The summed E-state index contributed by atoms with van der Waals surface area (Å²) in [6.07, 6.45) is 1.25. The summed E-state index contributed by atoms with van der Waals surface area (Å²) in [6, 6.07) is 0. The predicted molar refractivity (Wildman–Crippen MR) is 58.5 cm³/mol. The Bertz CT molecular complexity index is 223. The van der Waals surface area contributed by atoms with Crippen LogP contribution in [0.2, 0.25) is 0 Å². The lowest BCUT2D eigenvalue weighted by Gasteiger charge is -2.39. The third-order valence-corrected chi connectivity index (χ3v) is 2.93. The molecule has 1 heterocycles. The topological polar surface area (TPSA) is 12.0 Å². The van der Waals surface area contributed by atoms with Crippen LogP contribution in [0.25, 0.3) is 0 Å². The van der Waals surface area contributed by atoms with Gasteiger partial charge >= 0.3 is 0 Å². The van der Waals surface area contributed by atoms with Crippen LogP contribution in [0.15, 0.2) is 11.3 Å². The van der Waals surface area contributed by atoms with Crippen LogP contribution in [-0.2, 0) is 0 Å². The van der Waals surface area contributed by atoms with Gasteiger partial charge in [0.15, 0.2) is 0 Å². The van der Waals surface area contributed by atoms with Crippen molar-refractivity contribution < 1.29 is 0 Å². The minimum absolute atomic E-state index is 0.280. The molecule has 76 valence electrons. The molecule has 1 atom stereocenters. The number of nitrogens with one attached hydrogen (secondary N) is 1. The first kappa shape index (κ1) is 10.6. The van der Waals surface area contributed by atoms with Crippen molar-refractivity contribution in [3.8, 4) is 0 Å². The number of rotatable bonds is 1. The van der Waals surface area contributed by atoms with Gasteiger partial charge in [-0.2, -0.15) is 0 Å². The van der Waals surface area contributed by atoms with E-state index >= 15 is 0 Å². The zero-order valence-corrected chi connectivity index (χ0v) is 9.86. The van der Waals surface area contributed by atoms with Crippen LogP contribution < -0.4 is 5.32 Å². The molecular weight excluding hydrogens is 158 g/mol. The van der Waals surface area contributed by atoms with Gasteiger partial charge in [0.25, 0.3) is 0 Å². The van der Waals surface area contributed by atoms with Gasteiger partial charge in [0.05, 0.1) is 0 Å². The van der Waals surface area contributed by atoms with Crippen LogP contribution >= 0.6 is 0 Å². The summed E-state index contributed by atoms with van der Waals surface area (Å²) in [5.74, 6) is 1.41. The smallest absolute Gasteiger partial charge is 0.0320 e. The summed E-state index contributed by atoms with van der Waals surface area (Å²) >= 11 is 0. The molecule has 13 heavy (non-hydrogen) atoms. The third kappa shape index (κ3) is 2.26. The highest BCUT2D eigenvalue weighted by molar-refractivity contribution is 5.21. The van der Waals surface area contributed by atoms with Crippen molar-refractivity contribution in [2.24, 2.45) is 11.8 Å². The van der Waals surface area contributed by atoms with Gasteiger partial charge in [-0.25, -0.2) is 0 Å². The van der Waals surface area contributed by atoms with Crippen molar-refractivity contribution in [3.63, 3.8) is 0 Å². The predicted octanol–water partition coefficient (Wildman–Crippen LogP) is 3.32. The summed E-state index contributed by atoms with van der Waals surface area (Å²) in [5, 5.41) is 3.60. The maximum Gasteiger partial charge on any atom is 0.0320 e. The number of hydrogen-bond donors (Lipinski definition) is 1. The summed E-state index contributed by atoms with van der Waals surface area (Å²) in [7, 11) is 0. The van der Waals surface area contributed by atoms with Crippen LogP contribution in [0, 0.1) is 11.8 Å². The fourth-order valence-electron chi connectivity index (χ4n) is 2.88. The Labute approximate surface area is 82.6 Å². The second-order valence-corrected chi connectivity index (χ2v) is 5.35. The van der Waals surface area contributed by atoms with Crippen molar-refractivity contribution in [2.75, 3.05) is 0 Å². The molecule has 0 radical (unpaired) electrons. The Hall–Kier alpha value is -0.460. The van der Waals surface area contributed by atoms with Crippen LogP contribution in [0.3, 0.4) is 0 Å². The molecule has 0 aromatic rings. The van der Waals surface area contributed by atoms with Gasteiger partial charge in [-0.3, -0.25) is 0 Å². The molecule has 0 saturated carbocycles. The molecule has 1 aliphatic rings. The Kier molecular flexibility index (Phi) is 2.74. The summed E-state index contributed by atoms with van der Waals surface area (Å²) in [6.45, 7) is 13.7. The molecule has 0 amide bonds. The van der Waals surface area contributed by atoms with Gasteiger partial charge in [-0.1, -0.05) is 20.8 Å². The molecular formula is C12H23N. The van der Waals surface area contributed by atoms with Crippen LogP contribution in [0.1, 0.15) is 48.0 Å². The van der Waals surface area contributed by atoms with Crippen molar-refractivity contribution in [1.82, 2.24) is 5.32 Å². The van der Waals surface area contributed by atoms with Crippen molar-refractivity contribution in [3.05, 3.63) is 11.3 Å². The van der Waals surface area contributed by atoms with Gasteiger partial charge in [-0.15, -0.1) is 0 Å². The fraction of sp³-hybridized carbons (Fsp3) is 0.833. The summed E-state index contributed by atoms with van der Waals surface area (Å²) < 4.78 is 0. The van der Waals surface area contributed by atoms with E-state index in [2.05, 4.69) is 46.9 Å². The van der Waals surface area contributed by atoms with Gasteiger partial charge in [0, 0.05) is 11.2 Å². The van der Waals surface area contributed by atoms with Crippen LogP contribution in [0.5, 0.6) is 0 Å². The van der Waals surface area contributed by atoms with Gasteiger partial charge in [-0.05, 0) is 44.6 Å². The molecule has 0 saturated heterocycles. The molecule has 0 aromatic carbocycles. The van der Waals surface area contributed by atoms with E-state index in [0.29, 0.717) is 5.92 Å². The Morgan fingerprint density at radius 3 is 2.31 bits per heavy atom. The van der Waals surface area contributed by atoms with E-state index in [1.54, 1.807) is 5.57 Å². The lowest BCUT2D eigenvalue weighted by Crippen LogP contribution is -2.44. The number of hydrogen-bond acceptors (Lipinski definition) is 1. The molecule has 0 aromatic heterocycles. The quantitative estimate of drug-likeness (QED) is 0.654. The molecule has 0 fully saturated rings. The largest absolute Gasteiger partial charge is 0.384 e. The van der Waals surface area contributed by atoms with Crippen LogP contribution in [0.4, 0.5) is 0 Å². The standard InChI is InChI=1S/C12H23N/c1-8(2)11-9(3)7-12(5,6)13-10(11)4/h8-9,13H,7H2,1-6H3. The molecule has 1 heteroatoms. The highest BCUT2D eigenvalue weighted by atomic mass is 15.0. The Morgan fingerprint density at radius 1 is 1.38 bits per heavy atom. The normalized spacial score (nSPS) is 27.8. The maximum atomic E-state index is 3.60. The Morgan fingerprint density at radius 2 is 1.92 bits per heavy atom. The fourth-order valence-corrected chi connectivity index (χ4v) is 2.88. The number of allylic oxidation sites excluding steroid dienone is 2. The van der Waals surface area contributed by atoms with E-state index in [-0.39, 0.29) is 5.54 Å². The first-order valence-corrected chi connectivity index (χ1v) is 5.32. The lowest BCUT2D eigenvalue weighted by molar-refractivity contribution is 0.308. The van der Waals surface area contributed by atoms with E-state index < -0.39 is 0 Å². The Balaban J connectivity index is 2.94. The van der Waals surface area contributed by atoms with Gasteiger partial charge in [0.2, 0.25) is 0 Å². The maximum absolute atomic E-state index is 3.60. The molecule has 0 aliphatic carbocycles. The van der Waals surface area contributed by atoms with E-state index in [1.165, 1.54) is 12.1 Å². The second kappa shape index (κ2) is 3.36. The SMILES string of the molecule is CC1=C(C(C)C)C(C)CC(C)(C)N1. The summed E-state index contributed by atoms with van der Waals surface area (Å²) in [4.78, 5) is 0. The van der Waals surface area contributed by atoms with E-state index in [0.717, 1.165) is 5.92 Å². The second-order valence-electron chi connectivity index (χ2n) is 5.35. The van der Waals surface area contributed by atoms with E-state index in [1.807, 2.05) is 0 Å². The van der Waals surface area contributed by atoms with Gasteiger partial charge in [0.1, 0.15) is 0 Å². The van der Waals surface area contributed by atoms with Gasteiger partial charge < -0.3 is 5.32 Å². The first-order chi connectivity index (χ1) is 5.83. The first-order valence-electron chi connectivity index (χ1n) is 5.32. The van der Waals surface area contributed by atoms with Crippen LogP contribution in [-0.4, -0.2) is 5.54 Å². The van der Waals surface area contributed by atoms with E-state index in [9.17, 15) is 0 Å². The van der Waals surface area contributed by atoms with Crippen molar-refractivity contribution in [1.29, 1.82) is 0 Å². The highest BCUT2D eigenvalue weighted by Crippen LogP contribution is 2.34. The van der Waals surface area contributed by atoms with E-state index in [4.69, 9.17) is 0 Å². The minimum Gasteiger partial charge on any atom is -0.384 e. The average molecular weight is 181 g/mol. The lowest BCUT2D eigenvalue weighted by atomic mass is 9.78. The molecule has 1 aliphatic heterocycles. The molecule has 1 nitrogen and oxygen atoms in total. The highest BCUT2D eigenvalue weighted by Gasteiger charge is 2.30. The molecule has 1 unspecified atom stereocenters. The summed E-state index contributed by atoms with van der Waals surface area (Å²) in [5.41, 5.74) is 3.29. The zero-order valence-electron chi connectivity index (χ0n) is 9.86. The zero-order chi connectivity index (χ0) is 10.2. The monoisotopic (exact) mass is 181 g/mol. The third-order valence-electron chi connectivity index (χ3n) is 2.93. The minimum atomic E-state index is 0.280. The molecule has 1 N–H and O–H groups in total. The van der Waals surface area contributed by atoms with Crippen molar-refractivity contribution in [2.45, 2.75) is 53.5 Å². The average Bonchev–Trinajstić information content (AvgIpc) is 1.78. The van der Waals surface area contributed by atoms with Crippen molar-refractivity contribution >= 4 is 0 Å². The molecule has 0 spiro atoms.